The van der Waals surface area contributed by atoms with Crippen LogP contribution in [0.25, 0.3) is 0 Å². The molecule has 144 valence electrons. The first-order valence-electron chi connectivity index (χ1n) is 8.89. The summed E-state index contributed by atoms with van der Waals surface area (Å²) in [6.45, 7) is 1.27. The number of rotatable bonds is 5. The van der Waals surface area contributed by atoms with Crippen molar-refractivity contribution in [2.75, 3.05) is 37.0 Å². The zero-order valence-electron chi connectivity index (χ0n) is 15.7. The van der Waals surface area contributed by atoms with Crippen molar-refractivity contribution in [3.63, 3.8) is 0 Å². The standard InChI is InChI=1S/C21H25N3O2.ClH/c1-23(17-9-5-3-6-10-17)19(25)15-21(13-14-22-16-21)20(26)24(2)18-11-7-4-8-12-18;/h3-12,22H,13-16H2,1-2H3;1H. The van der Waals surface area contributed by atoms with Crippen LogP contribution in [0.4, 0.5) is 11.4 Å². The first-order valence-corrected chi connectivity index (χ1v) is 8.89. The summed E-state index contributed by atoms with van der Waals surface area (Å²) >= 11 is 0. The van der Waals surface area contributed by atoms with E-state index in [0.717, 1.165) is 17.9 Å². The summed E-state index contributed by atoms with van der Waals surface area (Å²) in [7, 11) is 3.54. The van der Waals surface area contributed by atoms with E-state index >= 15 is 0 Å². The minimum absolute atomic E-state index is 0. The zero-order chi connectivity index (χ0) is 18.6. The second-order valence-corrected chi connectivity index (χ2v) is 6.87. The molecule has 27 heavy (non-hydrogen) atoms. The highest BCUT2D eigenvalue weighted by molar-refractivity contribution is 6.02. The molecule has 1 fully saturated rings. The smallest absolute Gasteiger partial charge is 0.234 e. The SMILES string of the molecule is CN(C(=O)CC1(C(=O)N(C)c2ccccc2)CCNC1)c1ccccc1.Cl. The maximum absolute atomic E-state index is 13.3. The van der Waals surface area contributed by atoms with Crippen LogP contribution in [0.15, 0.2) is 60.7 Å². The topological polar surface area (TPSA) is 52.7 Å². The molecule has 1 aliphatic heterocycles. The van der Waals surface area contributed by atoms with E-state index in [4.69, 9.17) is 0 Å². The summed E-state index contributed by atoms with van der Waals surface area (Å²) in [6.07, 6.45) is 0.860. The molecule has 0 aromatic heterocycles. The van der Waals surface area contributed by atoms with Crippen molar-refractivity contribution in [1.29, 1.82) is 0 Å². The number of halogens is 1. The summed E-state index contributed by atoms with van der Waals surface area (Å²) in [5.41, 5.74) is 0.972. The summed E-state index contributed by atoms with van der Waals surface area (Å²) in [5, 5.41) is 3.27. The lowest BCUT2D eigenvalue weighted by molar-refractivity contribution is -0.132. The lowest BCUT2D eigenvalue weighted by Crippen LogP contribution is -2.47. The highest BCUT2D eigenvalue weighted by atomic mass is 35.5. The molecule has 6 heteroatoms. The lowest BCUT2D eigenvalue weighted by Gasteiger charge is -2.32. The molecule has 0 aliphatic carbocycles. The zero-order valence-corrected chi connectivity index (χ0v) is 16.5. The van der Waals surface area contributed by atoms with Gasteiger partial charge in [-0.25, -0.2) is 0 Å². The third-order valence-electron chi connectivity index (χ3n) is 5.15. The van der Waals surface area contributed by atoms with E-state index in [0.29, 0.717) is 13.0 Å². The fraction of sp³-hybridized carbons (Fsp3) is 0.333. The molecule has 2 aromatic rings. The van der Waals surface area contributed by atoms with Gasteiger partial charge in [-0.05, 0) is 37.2 Å². The molecule has 1 unspecified atom stereocenters. The van der Waals surface area contributed by atoms with Crippen LogP contribution in [-0.4, -0.2) is 39.0 Å². The number of amides is 2. The molecule has 1 saturated heterocycles. The molecule has 0 radical (unpaired) electrons. The third kappa shape index (κ3) is 4.49. The van der Waals surface area contributed by atoms with Crippen molar-refractivity contribution in [2.24, 2.45) is 5.41 Å². The Balaban J connectivity index is 0.00000261. The molecule has 5 nitrogen and oxygen atoms in total. The van der Waals surface area contributed by atoms with Crippen molar-refractivity contribution in [3.05, 3.63) is 60.7 Å². The molecule has 1 aliphatic rings. The van der Waals surface area contributed by atoms with E-state index in [1.54, 1.807) is 23.9 Å². The fourth-order valence-corrected chi connectivity index (χ4v) is 3.48. The Hall–Kier alpha value is -2.37. The van der Waals surface area contributed by atoms with Crippen LogP contribution < -0.4 is 15.1 Å². The first kappa shape index (κ1) is 20.9. The average molecular weight is 388 g/mol. The Morgan fingerprint density at radius 3 is 1.93 bits per heavy atom. The Labute approximate surface area is 166 Å². The van der Waals surface area contributed by atoms with E-state index in [2.05, 4.69) is 5.32 Å². The Morgan fingerprint density at radius 2 is 1.44 bits per heavy atom. The number of benzene rings is 2. The number of hydrogen-bond donors (Lipinski definition) is 1. The fourth-order valence-electron chi connectivity index (χ4n) is 3.48. The highest BCUT2D eigenvalue weighted by Crippen LogP contribution is 2.34. The molecule has 1 atom stereocenters. The van der Waals surface area contributed by atoms with Gasteiger partial charge in [0, 0.05) is 38.4 Å². The van der Waals surface area contributed by atoms with E-state index in [1.165, 1.54) is 0 Å². The molecule has 0 bridgehead atoms. The Kier molecular flexibility index (Phi) is 6.99. The van der Waals surface area contributed by atoms with Crippen molar-refractivity contribution < 1.29 is 9.59 Å². The number of nitrogens with zero attached hydrogens (tertiary/aromatic N) is 2. The molecule has 0 spiro atoms. The minimum Gasteiger partial charge on any atom is -0.316 e. The first-order chi connectivity index (χ1) is 12.5. The van der Waals surface area contributed by atoms with E-state index in [9.17, 15) is 9.59 Å². The van der Waals surface area contributed by atoms with Gasteiger partial charge in [0.25, 0.3) is 0 Å². The van der Waals surface area contributed by atoms with Gasteiger partial charge in [0.05, 0.1) is 5.41 Å². The van der Waals surface area contributed by atoms with Gasteiger partial charge >= 0.3 is 0 Å². The minimum atomic E-state index is -0.704. The molecular weight excluding hydrogens is 362 g/mol. The monoisotopic (exact) mass is 387 g/mol. The Morgan fingerprint density at radius 1 is 0.926 bits per heavy atom. The molecule has 1 N–H and O–H groups in total. The number of anilines is 2. The van der Waals surface area contributed by atoms with Gasteiger partial charge in [-0.1, -0.05) is 36.4 Å². The second kappa shape index (κ2) is 9.02. The van der Waals surface area contributed by atoms with Crippen molar-refractivity contribution in [2.45, 2.75) is 12.8 Å². The number of carbonyl (C=O) groups is 2. The molecule has 2 amide bonds. The molecule has 3 rings (SSSR count). The third-order valence-corrected chi connectivity index (χ3v) is 5.15. The van der Waals surface area contributed by atoms with Crippen LogP contribution in [0.2, 0.25) is 0 Å². The van der Waals surface area contributed by atoms with Gasteiger partial charge in [-0.2, -0.15) is 0 Å². The largest absolute Gasteiger partial charge is 0.316 e. The van der Waals surface area contributed by atoms with Crippen molar-refractivity contribution in [3.8, 4) is 0 Å². The van der Waals surface area contributed by atoms with Gasteiger partial charge in [0.1, 0.15) is 0 Å². The van der Waals surface area contributed by atoms with E-state index in [1.807, 2.05) is 60.7 Å². The van der Waals surface area contributed by atoms with Crippen LogP contribution in [0, 0.1) is 5.41 Å². The predicted octanol–water partition coefficient (Wildman–Crippen LogP) is 3.10. The predicted molar refractivity (Wildman–Crippen MR) is 111 cm³/mol. The van der Waals surface area contributed by atoms with Gasteiger partial charge in [0.2, 0.25) is 11.8 Å². The van der Waals surface area contributed by atoms with E-state index in [-0.39, 0.29) is 30.6 Å². The average Bonchev–Trinajstić information content (AvgIpc) is 3.17. The summed E-state index contributed by atoms with van der Waals surface area (Å²) in [6, 6.07) is 19.1. The van der Waals surface area contributed by atoms with Crippen LogP contribution in [0.5, 0.6) is 0 Å². The van der Waals surface area contributed by atoms with Crippen LogP contribution >= 0.6 is 12.4 Å². The summed E-state index contributed by atoms with van der Waals surface area (Å²) in [4.78, 5) is 29.5. The quantitative estimate of drug-likeness (QED) is 0.857. The molecular formula is C21H26ClN3O2. The van der Waals surface area contributed by atoms with Crippen molar-refractivity contribution >= 4 is 35.6 Å². The number of para-hydroxylation sites is 2. The van der Waals surface area contributed by atoms with Crippen LogP contribution in [0.1, 0.15) is 12.8 Å². The normalized spacial score (nSPS) is 18.4. The number of nitrogens with one attached hydrogen (secondary N) is 1. The van der Waals surface area contributed by atoms with Crippen molar-refractivity contribution in [1.82, 2.24) is 5.32 Å². The summed E-state index contributed by atoms with van der Waals surface area (Å²) < 4.78 is 0. The van der Waals surface area contributed by atoms with E-state index < -0.39 is 5.41 Å². The van der Waals surface area contributed by atoms with Crippen LogP contribution in [-0.2, 0) is 9.59 Å². The van der Waals surface area contributed by atoms with Gasteiger partial charge < -0.3 is 15.1 Å². The number of hydrogen-bond acceptors (Lipinski definition) is 3. The number of carbonyl (C=O) groups excluding carboxylic acids is 2. The van der Waals surface area contributed by atoms with Crippen LogP contribution in [0.3, 0.4) is 0 Å². The van der Waals surface area contributed by atoms with Gasteiger partial charge in [0.15, 0.2) is 0 Å². The molecule has 0 saturated carbocycles. The maximum Gasteiger partial charge on any atom is 0.234 e. The molecule has 1 heterocycles. The summed E-state index contributed by atoms with van der Waals surface area (Å²) in [5.74, 6) is -0.0572. The maximum atomic E-state index is 13.3. The van der Waals surface area contributed by atoms with Gasteiger partial charge in [-0.15, -0.1) is 12.4 Å². The Bertz CT molecular complexity index is 762. The highest BCUT2D eigenvalue weighted by Gasteiger charge is 2.45. The lowest BCUT2D eigenvalue weighted by atomic mass is 9.81. The molecule has 2 aromatic carbocycles. The van der Waals surface area contributed by atoms with Gasteiger partial charge in [-0.3, -0.25) is 9.59 Å². The second-order valence-electron chi connectivity index (χ2n) is 6.87.